The number of hydrogen-bond acceptors (Lipinski definition) is 4. The van der Waals surface area contributed by atoms with E-state index in [1.165, 1.54) is 0 Å². The molecule has 0 fully saturated rings. The summed E-state index contributed by atoms with van der Waals surface area (Å²) in [5, 5.41) is 15.1. The van der Waals surface area contributed by atoms with Crippen LogP contribution < -0.4 is 0 Å². The molecule has 0 aliphatic heterocycles. The first kappa shape index (κ1) is 27.9. The van der Waals surface area contributed by atoms with Gasteiger partial charge in [-0.05, 0) is 34.9 Å². The van der Waals surface area contributed by atoms with Gasteiger partial charge < -0.3 is 0 Å². The van der Waals surface area contributed by atoms with Crippen molar-refractivity contribution in [2.45, 2.75) is 45.1 Å². The number of hydrogen-bond donors (Lipinski definition) is 2. The lowest BCUT2D eigenvalue weighted by molar-refractivity contribution is 0.259. The maximum absolute atomic E-state index is 10.1. The maximum Gasteiger partial charge on any atom is 0.692 e. The third-order valence-corrected chi connectivity index (χ3v) is 7.13. The van der Waals surface area contributed by atoms with E-state index >= 15 is 0 Å². The summed E-state index contributed by atoms with van der Waals surface area (Å²) in [7, 11) is -2.87. The molecule has 1 unspecified atom stereocenters. The fraction of sp³-hybridized carbons (Fsp3) is 0.276. The predicted octanol–water partition coefficient (Wildman–Crippen LogP) is 6.18. The van der Waals surface area contributed by atoms with E-state index < -0.39 is 13.8 Å². The summed E-state index contributed by atoms with van der Waals surface area (Å²) in [5.74, 6) is 0.199. The molecule has 8 heteroatoms. The smallest absolute Gasteiger partial charge is 0.233 e. The van der Waals surface area contributed by atoms with E-state index in [-0.39, 0.29) is 11.3 Å². The highest BCUT2D eigenvalue weighted by atomic mass is 31.1. The van der Waals surface area contributed by atoms with Gasteiger partial charge in [-0.2, -0.15) is 10.4 Å². The summed E-state index contributed by atoms with van der Waals surface area (Å²) >= 11 is 0. The summed E-state index contributed by atoms with van der Waals surface area (Å²) in [6.07, 6.45) is 3.56. The molecule has 0 radical (unpaired) electrons. The number of nitrogens with zero attached hydrogens (tertiary/aromatic N) is 4. The van der Waals surface area contributed by atoms with Crippen LogP contribution in [0, 0.1) is 16.7 Å². The van der Waals surface area contributed by atoms with Gasteiger partial charge in [0, 0.05) is 4.57 Å². The quantitative estimate of drug-likeness (QED) is 0.214. The lowest BCUT2D eigenvalue weighted by atomic mass is 9.73. The van der Waals surface area contributed by atoms with Gasteiger partial charge in [0.15, 0.2) is 5.82 Å². The molecule has 3 aromatic carbocycles. The number of aromatic nitrogens is 3. The summed E-state index contributed by atoms with van der Waals surface area (Å²) in [6.45, 7) is 6.42. The summed E-state index contributed by atoms with van der Waals surface area (Å²) in [6, 6.07) is 33.7. The van der Waals surface area contributed by atoms with Crippen LogP contribution in [0.5, 0.6) is 0 Å². The maximum atomic E-state index is 10.1. The van der Waals surface area contributed by atoms with E-state index in [1.54, 1.807) is 6.33 Å². The lowest BCUT2D eigenvalue weighted by Crippen LogP contribution is -2.38. The Hall–Kier alpha value is -3.69. The van der Waals surface area contributed by atoms with Gasteiger partial charge in [0.05, 0.1) is 6.07 Å². The summed E-state index contributed by atoms with van der Waals surface area (Å²) < 4.78 is 10.6. The van der Waals surface area contributed by atoms with Crippen molar-refractivity contribution in [3.63, 3.8) is 0 Å². The van der Waals surface area contributed by atoms with Crippen molar-refractivity contribution in [2.75, 3.05) is 0 Å². The highest BCUT2D eigenvalue weighted by Gasteiger charge is 2.41. The van der Waals surface area contributed by atoms with Gasteiger partial charge in [-0.15, -0.1) is 9.79 Å². The monoisotopic (exact) mass is 515 g/mol. The van der Waals surface area contributed by atoms with Crippen LogP contribution in [0.3, 0.4) is 0 Å². The van der Waals surface area contributed by atoms with Gasteiger partial charge in [0.2, 0.25) is 0 Å². The molecule has 4 aromatic rings. The van der Waals surface area contributed by atoms with Crippen molar-refractivity contribution in [3.05, 3.63) is 120 Å². The average molecular weight is 516 g/mol. The normalized spacial score (nSPS) is 12.1. The van der Waals surface area contributed by atoms with E-state index in [1.807, 2.05) is 22.9 Å². The van der Waals surface area contributed by atoms with Crippen LogP contribution >= 0.6 is 8.25 Å². The standard InChI is InChI=1S/C29H30N4.HO3P/c1-4-28(3,5-2)26(21-30)27-31-22-33(32-27)29(23-15-9-6-10-16-23,24-17-11-7-12-18-24)25-19-13-8-14-20-25;1-4(2)3/h6-20,22,26H,4-5H2,1-3H3;(H-,1,2,3)/p+1. The Kier molecular flexibility index (Phi) is 9.43. The molecule has 1 aromatic heterocycles. The second kappa shape index (κ2) is 12.5. The summed E-state index contributed by atoms with van der Waals surface area (Å²) in [5.41, 5.74) is 2.35. The molecule has 0 aliphatic rings. The second-order valence-corrected chi connectivity index (χ2v) is 9.54. The Morgan fingerprint density at radius 3 is 1.57 bits per heavy atom. The van der Waals surface area contributed by atoms with E-state index in [0.29, 0.717) is 5.82 Å². The zero-order chi connectivity index (χ0) is 26.9. The van der Waals surface area contributed by atoms with Crippen molar-refractivity contribution in [3.8, 4) is 6.07 Å². The average Bonchev–Trinajstić information content (AvgIpc) is 3.40. The van der Waals surface area contributed by atoms with Crippen LogP contribution in [0.1, 0.15) is 62.0 Å². The largest absolute Gasteiger partial charge is 0.692 e. The Balaban J connectivity index is 0.000000886. The third kappa shape index (κ3) is 5.84. The predicted molar refractivity (Wildman–Crippen MR) is 144 cm³/mol. The Bertz CT molecular complexity index is 1220. The van der Waals surface area contributed by atoms with E-state index in [4.69, 9.17) is 24.4 Å². The van der Waals surface area contributed by atoms with Crippen LogP contribution in [0.2, 0.25) is 0 Å². The SMILES string of the molecule is CCC(C)(CC)C(C#N)c1ncn(C(c2ccccc2)(c2ccccc2)c2ccccc2)n1.O=[P+](O)O. The molecule has 190 valence electrons. The van der Waals surface area contributed by atoms with Crippen molar-refractivity contribution in [2.24, 2.45) is 5.41 Å². The molecular formula is C29H32N4O3P+. The van der Waals surface area contributed by atoms with Gasteiger partial charge in [-0.25, -0.2) is 9.67 Å². The van der Waals surface area contributed by atoms with E-state index in [0.717, 1.165) is 29.5 Å². The molecule has 1 atom stereocenters. The van der Waals surface area contributed by atoms with Crippen molar-refractivity contribution in [1.29, 1.82) is 5.26 Å². The Morgan fingerprint density at radius 1 is 0.865 bits per heavy atom. The topological polar surface area (TPSA) is 112 Å². The lowest BCUT2D eigenvalue weighted by Gasteiger charge is -2.36. The Morgan fingerprint density at radius 2 is 1.24 bits per heavy atom. The van der Waals surface area contributed by atoms with Gasteiger partial charge in [0.1, 0.15) is 17.8 Å². The molecule has 1 heterocycles. The molecular weight excluding hydrogens is 483 g/mol. The first-order valence-electron chi connectivity index (χ1n) is 12.2. The minimum Gasteiger partial charge on any atom is -0.233 e. The number of nitriles is 1. The zero-order valence-corrected chi connectivity index (χ0v) is 22.2. The zero-order valence-electron chi connectivity index (χ0n) is 21.3. The molecule has 0 amide bonds. The molecule has 0 saturated carbocycles. The molecule has 37 heavy (non-hydrogen) atoms. The van der Waals surface area contributed by atoms with Crippen LogP contribution in [-0.4, -0.2) is 24.6 Å². The van der Waals surface area contributed by atoms with E-state index in [9.17, 15) is 5.26 Å². The molecule has 2 N–H and O–H groups in total. The molecule has 0 saturated heterocycles. The molecule has 0 aliphatic carbocycles. The van der Waals surface area contributed by atoms with Crippen molar-refractivity contribution in [1.82, 2.24) is 14.8 Å². The third-order valence-electron chi connectivity index (χ3n) is 7.13. The van der Waals surface area contributed by atoms with Crippen LogP contribution in [0.15, 0.2) is 97.3 Å². The fourth-order valence-corrected chi connectivity index (χ4v) is 4.69. The van der Waals surface area contributed by atoms with Gasteiger partial charge >= 0.3 is 8.25 Å². The van der Waals surface area contributed by atoms with Crippen LogP contribution in [-0.2, 0) is 10.1 Å². The highest BCUT2D eigenvalue weighted by Crippen LogP contribution is 2.43. The van der Waals surface area contributed by atoms with Gasteiger partial charge in [-0.3, -0.25) is 0 Å². The first-order chi connectivity index (χ1) is 17.8. The molecule has 7 nitrogen and oxygen atoms in total. The number of benzene rings is 3. The van der Waals surface area contributed by atoms with Crippen molar-refractivity contribution < 1.29 is 14.4 Å². The highest BCUT2D eigenvalue weighted by molar-refractivity contribution is 7.30. The minimum absolute atomic E-state index is 0.185. The number of rotatable bonds is 8. The van der Waals surface area contributed by atoms with Gasteiger partial charge in [-0.1, -0.05) is 112 Å². The second-order valence-electron chi connectivity index (χ2n) is 9.03. The molecule has 0 spiro atoms. The van der Waals surface area contributed by atoms with Crippen molar-refractivity contribution >= 4 is 8.25 Å². The molecule has 4 rings (SSSR count). The first-order valence-corrected chi connectivity index (χ1v) is 13.3. The van der Waals surface area contributed by atoms with Gasteiger partial charge in [0.25, 0.3) is 0 Å². The van der Waals surface area contributed by atoms with Crippen LogP contribution in [0.4, 0.5) is 0 Å². The minimum atomic E-state index is -2.87. The molecule has 0 bridgehead atoms. The van der Waals surface area contributed by atoms with Crippen LogP contribution in [0.25, 0.3) is 0 Å². The fourth-order valence-electron chi connectivity index (χ4n) is 4.69. The Labute approximate surface area is 219 Å². The van der Waals surface area contributed by atoms with E-state index in [2.05, 4.69) is 99.6 Å². The summed E-state index contributed by atoms with van der Waals surface area (Å²) in [4.78, 5) is 19.0.